The van der Waals surface area contributed by atoms with Gasteiger partial charge in [0.1, 0.15) is 11.5 Å². The minimum absolute atomic E-state index is 0.0398. The summed E-state index contributed by atoms with van der Waals surface area (Å²) in [5, 5.41) is 22.9. The number of ether oxygens (including phenoxy) is 1. The molecular formula is C34H47NO3. The van der Waals surface area contributed by atoms with Gasteiger partial charge >= 0.3 is 0 Å². The molecule has 2 N–H and O–H groups in total. The standard InChI is InChI=1S/C34H47NO3/c1-32(2,3)22-15-21(30(36)28(17-22)33(4,5)6)19-35-29-18-27-26-11-9-20-16-23(38-8)10-12-24(20)25(26)13-14-34(27,7)31(29)37/h10,12,15-17,19,25-27,29,31,36-37H,9,11,13-14,18H2,1-8H3/t25-,26-,27+,29-,31-,34+/m1/s1. The van der Waals surface area contributed by atoms with Gasteiger partial charge in [-0.3, -0.25) is 4.99 Å². The lowest BCUT2D eigenvalue weighted by atomic mass is 9.55. The van der Waals surface area contributed by atoms with Crippen LogP contribution in [0.3, 0.4) is 0 Å². The van der Waals surface area contributed by atoms with Crippen molar-refractivity contribution in [1.29, 1.82) is 0 Å². The minimum Gasteiger partial charge on any atom is -0.507 e. The number of aromatic hydroxyl groups is 1. The van der Waals surface area contributed by atoms with Crippen LogP contribution >= 0.6 is 0 Å². The maximum Gasteiger partial charge on any atom is 0.128 e. The minimum atomic E-state index is -0.461. The van der Waals surface area contributed by atoms with E-state index in [1.807, 2.05) is 6.21 Å². The summed E-state index contributed by atoms with van der Waals surface area (Å²) < 4.78 is 5.49. The third-order valence-corrected chi connectivity index (χ3v) is 10.1. The SMILES string of the molecule is COc1ccc2c(c1)CC[C@@H]1[C@@H]2CC[C@]2(C)[C@H](O)[C@H](N=Cc3cc(C(C)(C)C)cc(C(C)(C)C)c3O)C[C@@H]12. The molecule has 0 bridgehead atoms. The number of phenols is 1. The van der Waals surface area contributed by atoms with E-state index >= 15 is 0 Å². The highest BCUT2D eigenvalue weighted by atomic mass is 16.5. The van der Waals surface area contributed by atoms with Crippen LogP contribution in [0.15, 0.2) is 35.3 Å². The van der Waals surface area contributed by atoms with Crippen molar-refractivity contribution in [2.24, 2.45) is 22.2 Å². The molecule has 2 saturated carbocycles. The monoisotopic (exact) mass is 517 g/mol. The van der Waals surface area contributed by atoms with Crippen LogP contribution in [0.2, 0.25) is 0 Å². The van der Waals surface area contributed by atoms with Crippen LogP contribution in [0.1, 0.15) is 108 Å². The lowest BCUT2D eigenvalue weighted by Crippen LogP contribution is -2.44. The van der Waals surface area contributed by atoms with Crippen LogP contribution in [0.4, 0.5) is 0 Å². The third-order valence-electron chi connectivity index (χ3n) is 10.1. The van der Waals surface area contributed by atoms with Crippen molar-refractivity contribution in [3.05, 3.63) is 58.1 Å². The predicted octanol–water partition coefficient (Wildman–Crippen LogP) is 7.31. The zero-order valence-electron chi connectivity index (χ0n) is 24.6. The molecule has 4 heteroatoms. The zero-order valence-corrected chi connectivity index (χ0v) is 24.6. The first-order valence-corrected chi connectivity index (χ1v) is 14.5. The Kier molecular flexibility index (Phi) is 6.74. The highest BCUT2D eigenvalue weighted by molar-refractivity contribution is 5.85. The summed E-state index contributed by atoms with van der Waals surface area (Å²) in [5.41, 5.74) is 5.48. The summed E-state index contributed by atoms with van der Waals surface area (Å²) in [6.07, 6.45) is 6.67. The molecule has 4 nitrogen and oxygen atoms in total. The Labute approximate surface area is 229 Å². The molecule has 6 atom stereocenters. The molecule has 0 saturated heterocycles. The normalized spacial score (nSPS) is 31.1. The van der Waals surface area contributed by atoms with E-state index in [-0.39, 0.29) is 22.3 Å². The fourth-order valence-corrected chi connectivity index (χ4v) is 7.75. The number of hydrogen-bond donors (Lipinski definition) is 2. The molecular weight excluding hydrogens is 470 g/mol. The molecule has 206 valence electrons. The molecule has 0 aliphatic heterocycles. The predicted molar refractivity (Wildman–Crippen MR) is 156 cm³/mol. The number of aliphatic hydroxyl groups is 1. The van der Waals surface area contributed by atoms with Gasteiger partial charge in [-0.2, -0.15) is 0 Å². The molecule has 3 aliphatic rings. The van der Waals surface area contributed by atoms with Gasteiger partial charge in [0.25, 0.3) is 0 Å². The number of aliphatic imine (C=N–C) groups is 1. The topological polar surface area (TPSA) is 62.0 Å². The van der Waals surface area contributed by atoms with E-state index in [0.29, 0.717) is 23.5 Å². The van der Waals surface area contributed by atoms with Gasteiger partial charge in [-0.1, -0.05) is 60.6 Å². The highest BCUT2D eigenvalue weighted by Crippen LogP contribution is 2.61. The maximum atomic E-state index is 11.6. The van der Waals surface area contributed by atoms with E-state index in [0.717, 1.165) is 49.0 Å². The Morgan fingerprint density at radius 2 is 1.76 bits per heavy atom. The van der Waals surface area contributed by atoms with E-state index in [2.05, 4.69) is 78.8 Å². The van der Waals surface area contributed by atoms with Crippen LogP contribution < -0.4 is 4.74 Å². The summed E-state index contributed by atoms with van der Waals surface area (Å²) in [5.74, 6) is 2.84. The number of aryl methyl sites for hydroxylation is 1. The van der Waals surface area contributed by atoms with Crippen LogP contribution in [-0.2, 0) is 17.3 Å². The number of benzene rings is 2. The van der Waals surface area contributed by atoms with Gasteiger partial charge in [0.05, 0.1) is 19.3 Å². The first-order chi connectivity index (χ1) is 17.7. The summed E-state index contributed by atoms with van der Waals surface area (Å²) in [7, 11) is 1.74. The van der Waals surface area contributed by atoms with Crippen molar-refractivity contribution >= 4 is 6.21 Å². The Bertz CT molecular complexity index is 1230. The zero-order chi connectivity index (χ0) is 27.6. The van der Waals surface area contributed by atoms with Crippen LogP contribution in [0.5, 0.6) is 11.5 Å². The first kappa shape index (κ1) is 27.2. The summed E-state index contributed by atoms with van der Waals surface area (Å²) in [6, 6.07) is 10.7. The molecule has 2 aromatic rings. The number of rotatable bonds is 3. The van der Waals surface area contributed by atoms with Crippen molar-refractivity contribution in [3.8, 4) is 11.5 Å². The molecule has 5 rings (SSSR count). The van der Waals surface area contributed by atoms with E-state index in [4.69, 9.17) is 9.73 Å². The summed E-state index contributed by atoms with van der Waals surface area (Å²) in [4.78, 5) is 5.00. The lowest BCUT2D eigenvalue weighted by molar-refractivity contribution is -0.0254. The molecule has 0 radical (unpaired) electrons. The van der Waals surface area contributed by atoms with Crippen molar-refractivity contribution < 1.29 is 14.9 Å². The molecule has 0 spiro atoms. The largest absolute Gasteiger partial charge is 0.507 e. The Morgan fingerprint density at radius 1 is 1.03 bits per heavy atom. The van der Waals surface area contributed by atoms with Gasteiger partial charge in [0, 0.05) is 17.3 Å². The summed E-state index contributed by atoms with van der Waals surface area (Å²) in [6.45, 7) is 15.3. The Morgan fingerprint density at radius 3 is 2.42 bits per heavy atom. The smallest absolute Gasteiger partial charge is 0.128 e. The number of methoxy groups -OCH3 is 1. The Hall–Kier alpha value is -2.33. The van der Waals surface area contributed by atoms with Crippen LogP contribution in [0.25, 0.3) is 0 Å². The molecule has 2 fully saturated rings. The van der Waals surface area contributed by atoms with Crippen molar-refractivity contribution in [2.45, 2.75) is 109 Å². The third kappa shape index (κ3) is 4.57. The number of phenolic OH excluding ortho intramolecular Hbond substituents is 1. The number of nitrogens with zero attached hydrogens (tertiary/aromatic N) is 1. The number of hydrogen-bond acceptors (Lipinski definition) is 4. The second-order valence-electron chi connectivity index (χ2n) is 14.5. The van der Waals surface area contributed by atoms with Crippen molar-refractivity contribution in [1.82, 2.24) is 0 Å². The van der Waals surface area contributed by atoms with E-state index in [1.165, 1.54) is 16.7 Å². The first-order valence-electron chi connectivity index (χ1n) is 14.5. The molecule has 0 aromatic heterocycles. The fraction of sp³-hybridized carbons (Fsp3) is 0.618. The van der Waals surface area contributed by atoms with E-state index in [1.54, 1.807) is 7.11 Å². The molecule has 3 aliphatic carbocycles. The van der Waals surface area contributed by atoms with Crippen molar-refractivity contribution in [3.63, 3.8) is 0 Å². The maximum absolute atomic E-state index is 11.6. The molecule has 2 aromatic carbocycles. The van der Waals surface area contributed by atoms with E-state index < -0.39 is 6.10 Å². The van der Waals surface area contributed by atoms with Gasteiger partial charge in [-0.25, -0.2) is 0 Å². The highest BCUT2D eigenvalue weighted by Gasteiger charge is 2.58. The lowest BCUT2D eigenvalue weighted by Gasteiger charge is -2.50. The Balaban J connectivity index is 1.44. The average Bonchev–Trinajstić information content (AvgIpc) is 3.11. The van der Waals surface area contributed by atoms with Crippen LogP contribution in [0, 0.1) is 17.3 Å². The van der Waals surface area contributed by atoms with Gasteiger partial charge in [-0.05, 0) is 101 Å². The molecule has 0 heterocycles. The molecule has 0 unspecified atom stereocenters. The summed E-state index contributed by atoms with van der Waals surface area (Å²) >= 11 is 0. The molecule has 0 amide bonds. The van der Waals surface area contributed by atoms with Crippen LogP contribution in [-0.4, -0.2) is 35.7 Å². The van der Waals surface area contributed by atoms with Gasteiger partial charge in [0.15, 0.2) is 0 Å². The van der Waals surface area contributed by atoms with Gasteiger partial charge in [0.2, 0.25) is 0 Å². The number of aliphatic hydroxyl groups excluding tert-OH is 1. The second-order valence-corrected chi connectivity index (χ2v) is 14.5. The van der Waals surface area contributed by atoms with Gasteiger partial charge in [-0.15, -0.1) is 0 Å². The molecule has 38 heavy (non-hydrogen) atoms. The van der Waals surface area contributed by atoms with E-state index in [9.17, 15) is 10.2 Å². The van der Waals surface area contributed by atoms with Crippen molar-refractivity contribution in [2.75, 3.05) is 7.11 Å². The second kappa shape index (κ2) is 9.40. The number of fused-ring (bicyclic) bond motifs is 5. The average molecular weight is 518 g/mol. The quantitative estimate of drug-likeness (QED) is 0.420. The fourth-order valence-electron chi connectivity index (χ4n) is 7.75. The van der Waals surface area contributed by atoms with Gasteiger partial charge < -0.3 is 14.9 Å².